The summed E-state index contributed by atoms with van der Waals surface area (Å²) in [5.74, 6) is 2.66. The van der Waals surface area contributed by atoms with E-state index in [4.69, 9.17) is 23.7 Å². The largest absolute Gasteiger partial charge is 0.467 e. The molecule has 0 spiro atoms. The van der Waals surface area contributed by atoms with Crippen molar-refractivity contribution in [2.45, 2.75) is 52.4 Å². The number of hydrogen-bond acceptors (Lipinski definition) is 6. The van der Waals surface area contributed by atoms with Gasteiger partial charge in [0.2, 0.25) is 0 Å². The molecule has 1 saturated heterocycles. The number of nitrogens with zero attached hydrogens (tertiary/aromatic N) is 1. The van der Waals surface area contributed by atoms with Crippen LogP contribution in [0.2, 0.25) is 0 Å². The van der Waals surface area contributed by atoms with E-state index in [1.54, 1.807) is 0 Å². The fourth-order valence-electron chi connectivity index (χ4n) is 5.86. The first-order valence-corrected chi connectivity index (χ1v) is 12.7. The minimum atomic E-state index is -0.479. The van der Waals surface area contributed by atoms with Gasteiger partial charge in [0.15, 0.2) is 13.6 Å². The lowest BCUT2D eigenvalue weighted by Crippen LogP contribution is -2.35. The van der Waals surface area contributed by atoms with Crippen molar-refractivity contribution < 1.29 is 28.5 Å². The molecule has 1 saturated carbocycles. The average Bonchev–Trinajstić information content (AvgIpc) is 3.43. The van der Waals surface area contributed by atoms with Gasteiger partial charge in [0.05, 0.1) is 13.2 Å². The highest BCUT2D eigenvalue weighted by atomic mass is 16.7. The van der Waals surface area contributed by atoms with Crippen LogP contribution in [0.1, 0.15) is 55.9 Å². The topological polar surface area (TPSA) is 66.5 Å². The van der Waals surface area contributed by atoms with E-state index < -0.39 is 5.60 Å². The van der Waals surface area contributed by atoms with E-state index in [1.165, 1.54) is 22.3 Å². The minimum absolute atomic E-state index is 0.202. The minimum Gasteiger partial charge on any atom is -0.467 e. The molecule has 0 N–H and O–H groups in total. The molecule has 3 heterocycles. The molecular formula is C29H33NO6. The monoisotopic (exact) mass is 491 g/mol. The maximum Gasteiger partial charge on any atom is 0.410 e. The molecule has 4 aliphatic rings. The van der Waals surface area contributed by atoms with Crippen LogP contribution in [0.15, 0.2) is 42.0 Å². The first-order chi connectivity index (χ1) is 17.3. The van der Waals surface area contributed by atoms with Crippen molar-refractivity contribution in [3.05, 3.63) is 64.2 Å². The van der Waals surface area contributed by atoms with Crippen LogP contribution in [0.5, 0.6) is 11.5 Å². The quantitative estimate of drug-likeness (QED) is 0.553. The lowest BCUT2D eigenvalue weighted by molar-refractivity contribution is -0.0164. The molecule has 2 fully saturated rings. The summed E-state index contributed by atoms with van der Waals surface area (Å²) in [6, 6.07) is 12.8. The Hall–Kier alpha value is -3.03. The van der Waals surface area contributed by atoms with Crippen LogP contribution < -0.4 is 9.47 Å². The lowest BCUT2D eigenvalue weighted by Gasteiger charge is -2.25. The van der Waals surface area contributed by atoms with Gasteiger partial charge < -0.3 is 28.6 Å². The fourth-order valence-corrected chi connectivity index (χ4v) is 5.86. The molecule has 0 radical (unpaired) electrons. The zero-order chi connectivity index (χ0) is 24.9. The van der Waals surface area contributed by atoms with Crippen LogP contribution in [0.25, 0.3) is 5.57 Å². The van der Waals surface area contributed by atoms with Gasteiger partial charge >= 0.3 is 6.09 Å². The van der Waals surface area contributed by atoms with Crippen LogP contribution in [0.3, 0.4) is 0 Å². The maximum atomic E-state index is 12.7. The molecule has 0 aromatic heterocycles. The van der Waals surface area contributed by atoms with Crippen LogP contribution in [-0.2, 0) is 27.4 Å². The Morgan fingerprint density at radius 2 is 1.39 bits per heavy atom. The number of carbonyl (C=O) groups is 1. The Balaban J connectivity index is 1.33. The van der Waals surface area contributed by atoms with Gasteiger partial charge in [0, 0.05) is 24.2 Å². The van der Waals surface area contributed by atoms with Crippen molar-refractivity contribution in [1.82, 2.24) is 4.90 Å². The molecule has 3 aliphatic heterocycles. The van der Waals surface area contributed by atoms with Crippen LogP contribution in [0.4, 0.5) is 4.79 Å². The number of rotatable bonds is 2. The predicted octanol–water partition coefficient (Wildman–Crippen LogP) is 5.50. The van der Waals surface area contributed by atoms with E-state index in [9.17, 15) is 4.79 Å². The molecule has 1 amide bonds. The first-order valence-electron chi connectivity index (χ1n) is 12.7. The third-order valence-electron chi connectivity index (χ3n) is 7.41. The van der Waals surface area contributed by atoms with Crippen molar-refractivity contribution in [1.29, 1.82) is 0 Å². The van der Waals surface area contributed by atoms with E-state index in [0.29, 0.717) is 38.6 Å². The molecule has 36 heavy (non-hydrogen) atoms. The van der Waals surface area contributed by atoms with Gasteiger partial charge in [0.1, 0.15) is 17.1 Å². The molecule has 7 heteroatoms. The van der Waals surface area contributed by atoms with Gasteiger partial charge in [-0.3, -0.25) is 0 Å². The normalized spacial score (nSPS) is 22.8. The van der Waals surface area contributed by atoms with E-state index in [0.717, 1.165) is 48.6 Å². The van der Waals surface area contributed by atoms with Crippen molar-refractivity contribution in [3.8, 4) is 11.5 Å². The number of amides is 1. The van der Waals surface area contributed by atoms with Gasteiger partial charge in [-0.25, -0.2) is 4.79 Å². The molecule has 6 rings (SSSR count). The predicted molar refractivity (Wildman–Crippen MR) is 133 cm³/mol. The summed E-state index contributed by atoms with van der Waals surface area (Å²) < 4.78 is 28.1. The zero-order valence-electron chi connectivity index (χ0n) is 21.2. The third kappa shape index (κ3) is 4.58. The van der Waals surface area contributed by atoms with Crippen LogP contribution in [0, 0.1) is 11.8 Å². The van der Waals surface area contributed by atoms with E-state index in [1.807, 2.05) is 25.7 Å². The highest BCUT2D eigenvalue weighted by molar-refractivity contribution is 5.84. The lowest BCUT2D eigenvalue weighted by atomic mass is 9.89. The van der Waals surface area contributed by atoms with Crippen molar-refractivity contribution in [2.75, 3.05) is 26.7 Å². The van der Waals surface area contributed by atoms with Crippen LogP contribution >= 0.6 is 0 Å². The number of fused-ring (bicyclic) bond motifs is 3. The third-order valence-corrected chi connectivity index (χ3v) is 7.41. The first kappa shape index (κ1) is 23.4. The zero-order valence-corrected chi connectivity index (χ0v) is 21.2. The molecule has 2 unspecified atom stereocenters. The number of carbonyl (C=O) groups excluding carboxylic acids is 1. The second-order valence-electron chi connectivity index (χ2n) is 11.2. The van der Waals surface area contributed by atoms with Crippen molar-refractivity contribution in [3.63, 3.8) is 0 Å². The second-order valence-corrected chi connectivity index (χ2v) is 11.2. The van der Waals surface area contributed by atoms with E-state index in [2.05, 4.69) is 36.4 Å². The van der Waals surface area contributed by atoms with E-state index in [-0.39, 0.29) is 6.09 Å². The Bertz CT molecular complexity index is 1140. The molecule has 190 valence electrons. The summed E-state index contributed by atoms with van der Waals surface area (Å²) in [6.45, 7) is 8.92. The fraction of sp³-hybridized carbons (Fsp3) is 0.483. The Morgan fingerprint density at radius 3 is 1.89 bits per heavy atom. The Kier molecular flexibility index (Phi) is 5.92. The highest BCUT2D eigenvalue weighted by Gasteiger charge is 2.42. The van der Waals surface area contributed by atoms with Gasteiger partial charge in [-0.05, 0) is 86.4 Å². The SMILES string of the molecule is CC(C)(C)OC(=O)N1CC2CC(=C(c3ccc4c(c3)COCO4)c3ccc4c(c3)COCO4)CC2C1. The van der Waals surface area contributed by atoms with Crippen LogP contribution in [-0.4, -0.2) is 43.3 Å². The molecule has 0 bridgehead atoms. The summed E-state index contributed by atoms with van der Waals surface area (Å²) >= 11 is 0. The standard InChI is InChI=1S/C29H33NO6/c1-29(2,3)36-28(31)30-12-21-10-20(11-22(21)13-30)27(18-4-6-25-23(8-18)14-32-16-34-25)19-5-7-26-24(9-19)15-33-17-35-26/h4-9,21-22H,10-17H2,1-3H3. The summed E-state index contributed by atoms with van der Waals surface area (Å²) in [4.78, 5) is 14.6. The Morgan fingerprint density at radius 1 is 0.861 bits per heavy atom. The summed E-state index contributed by atoms with van der Waals surface area (Å²) in [6.07, 6.45) is 1.73. The number of allylic oxidation sites excluding steroid dienone is 1. The van der Waals surface area contributed by atoms with Crippen molar-refractivity contribution in [2.24, 2.45) is 11.8 Å². The average molecular weight is 492 g/mol. The molecule has 2 atom stereocenters. The highest BCUT2D eigenvalue weighted by Crippen LogP contribution is 2.47. The number of ether oxygens (including phenoxy) is 5. The van der Waals surface area contributed by atoms with Gasteiger partial charge in [-0.1, -0.05) is 17.7 Å². The molecule has 1 aliphatic carbocycles. The summed E-state index contributed by atoms with van der Waals surface area (Å²) in [7, 11) is 0. The Labute approximate surface area is 211 Å². The number of benzene rings is 2. The molecule has 2 aromatic rings. The molecule has 2 aromatic carbocycles. The smallest absolute Gasteiger partial charge is 0.410 e. The maximum absolute atomic E-state index is 12.7. The second kappa shape index (κ2) is 9.12. The van der Waals surface area contributed by atoms with Gasteiger partial charge in [-0.15, -0.1) is 0 Å². The van der Waals surface area contributed by atoms with Gasteiger partial charge in [-0.2, -0.15) is 0 Å². The molecular weight excluding hydrogens is 458 g/mol. The summed E-state index contributed by atoms with van der Waals surface area (Å²) in [5.41, 5.74) is 6.68. The number of likely N-dealkylation sites (tertiary alicyclic amines) is 1. The van der Waals surface area contributed by atoms with Crippen molar-refractivity contribution >= 4 is 11.7 Å². The summed E-state index contributed by atoms with van der Waals surface area (Å²) in [5, 5.41) is 0. The van der Waals surface area contributed by atoms with Gasteiger partial charge in [0.25, 0.3) is 0 Å². The van der Waals surface area contributed by atoms with E-state index >= 15 is 0 Å². The molecule has 7 nitrogen and oxygen atoms in total. The number of hydrogen-bond donors (Lipinski definition) is 0.